The number of rotatable bonds is 1. The van der Waals surface area contributed by atoms with Gasteiger partial charge in [0.25, 0.3) is 0 Å². The van der Waals surface area contributed by atoms with Crippen LogP contribution in [0.3, 0.4) is 0 Å². The minimum Gasteiger partial charge on any atom is -0.250 e. The lowest BCUT2D eigenvalue weighted by Crippen LogP contribution is -2.49. The molecule has 1 heterocycles. The van der Waals surface area contributed by atoms with E-state index in [4.69, 9.17) is 0 Å². The van der Waals surface area contributed by atoms with Gasteiger partial charge in [0.15, 0.2) is 0 Å². The highest BCUT2D eigenvalue weighted by Crippen LogP contribution is 2.37. The summed E-state index contributed by atoms with van der Waals surface area (Å²) in [6, 6.07) is 0. The molecule has 0 N–H and O–H groups in total. The molecular weight excluding hydrogens is 274 g/mol. The summed E-state index contributed by atoms with van der Waals surface area (Å²) in [5.74, 6) is 0. The van der Waals surface area contributed by atoms with Crippen molar-refractivity contribution in [3.05, 3.63) is 9.48 Å². The first-order valence-corrected chi connectivity index (χ1v) is 9.40. The maximum absolute atomic E-state index is 4.68. The molecule has 0 amide bonds. The van der Waals surface area contributed by atoms with Crippen molar-refractivity contribution in [3.63, 3.8) is 0 Å². The molecule has 1 aromatic rings. The van der Waals surface area contributed by atoms with E-state index in [1.165, 1.54) is 8.42 Å². The average molecular weight is 292 g/mol. The van der Waals surface area contributed by atoms with Crippen molar-refractivity contribution >= 4 is 40.0 Å². The van der Waals surface area contributed by atoms with E-state index in [0.29, 0.717) is 5.04 Å². The highest BCUT2D eigenvalue weighted by atomic mass is 79.9. The molecule has 4 heteroatoms. The number of hydrogen-bond acceptors (Lipinski definition) is 2. The Kier molecular flexibility index (Phi) is 3.30. The molecule has 1 nitrogen and oxygen atoms in total. The quantitative estimate of drug-likeness (QED) is 0.715. The molecule has 0 aliphatic heterocycles. The Bertz CT molecular complexity index is 319. The summed E-state index contributed by atoms with van der Waals surface area (Å²) < 4.78 is 2.55. The van der Waals surface area contributed by atoms with E-state index in [1.54, 1.807) is 0 Å². The maximum atomic E-state index is 4.68. The van der Waals surface area contributed by atoms with Crippen LogP contribution in [0.1, 0.15) is 26.5 Å². The van der Waals surface area contributed by atoms with Crippen molar-refractivity contribution in [1.82, 2.24) is 4.98 Å². The highest BCUT2D eigenvalue weighted by Gasteiger charge is 2.39. The second kappa shape index (κ2) is 3.72. The zero-order valence-electron chi connectivity index (χ0n) is 9.73. The van der Waals surface area contributed by atoms with Crippen LogP contribution in [0.4, 0.5) is 0 Å². The minimum absolute atomic E-state index is 0.372. The van der Waals surface area contributed by atoms with E-state index in [1.807, 2.05) is 11.3 Å². The van der Waals surface area contributed by atoms with Crippen LogP contribution < -0.4 is 4.63 Å². The molecule has 0 fully saturated rings. The maximum Gasteiger partial charge on any atom is 0.123 e. The van der Waals surface area contributed by atoms with Gasteiger partial charge in [-0.1, -0.05) is 33.9 Å². The Morgan fingerprint density at radius 3 is 2.07 bits per heavy atom. The molecule has 0 bridgehead atoms. The summed E-state index contributed by atoms with van der Waals surface area (Å²) in [6.07, 6.45) is 0. The third kappa shape index (κ3) is 2.12. The van der Waals surface area contributed by atoms with E-state index < -0.39 is 8.07 Å². The van der Waals surface area contributed by atoms with Crippen molar-refractivity contribution in [2.24, 2.45) is 0 Å². The first kappa shape index (κ1) is 12.4. The van der Waals surface area contributed by atoms with Crippen LogP contribution in [0.15, 0.2) is 3.79 Å². The summed E-state index contributed by atoms with van der Waals surface area (Å²) in [6.45, 7) is 13.8. The normalized spacial score (nSPS) is 13.4. The molecule has 80 valence electrons. The van der Waals surface area contributed by atoms with Gasteiger partial charge in [-0.05, 0) is 27.9 Å². The van der Waals surface area contributed by atoms with Gasteiger partial charge in [0.05, 0.1) is 14.1 Å². The van der Waals surface area contributed by atoms with Crippen LogP contribution in [-0.4, -0.2) is 13.1 Å². The zero-order chi connectivity index (χ0) is 11.1. The summed E-state index contributed by atoms with van der Waals surface area (Å²) in [4.78, 5) is 4.68. The molecule has 0 spiro atoms. The molecular formula is C10H18BrNSSi. The van der Waals surface area contributed by atoms with Gasteiger partial charge in [-0.3, -0.25) is 4.98 Å². The van der Waals surface area contributed by atoms with Crippen molar-refractivity contribution in [3.8, 4) is 0 Å². The number of aromatic nitrogens is 1. The summed E-state index contributed by atoms with van der Waals surface area (Å²) in [5, 5.41) is 0.372. The third-order valence-electron chi connectivity index (χ3n) is 3.15. The predicted octanol–water partition coefficient (Wildman–Crippen LogP) is 3.93. The average Bonchev–Trinajstić information content (AvgIpc) is 2.30. The Morgan fingerprint density at radius 2 is 1.79 bits per heavy atom. The van der Waals surface area contributed by atoms with Gasteiger partial charge in [0.2, 0.25) is 0 Å². The van der Waals surface area contributed by atoms with Gasteiger partial charge in [0, 0.05) is 0 Å². The van der Waals surface area contributed by atoms with Crippen molar-refractivity contribution in [1.29, 1.82) is 0 Å². The first-order valence-electron chi connectivity index (χ1n) is 4.79. The van der Waals surface area contributed by atoms with Crippen LogP contribution in [0.25, 0.3) is 0 Å². The van der Waals surface area contributed by atoms with Gasteiger partial charge in [-0.2, -0.15) is 0 Å². The van der Waals surface area contributed by atoms with Crippen LogP contribution in [0, 0.1) is 6.92 Å². The van der Waals surface area contributed by atoms with Crippen LogP contribution in [-0.2, 0) is 0 Å². The number of nitrogens with zero attached hydrogens (tertiary/aromatic N) is 1. The van der Waals surface area contributed by atoms with E-state index in [2.05, 4.69) is 61.7 Å². The van der Waals surface area contributed by atoms with Crippen molar-refractivity contribution < 1.29 is 0 Å². The Hall–Kier alpha value is 0.327. The molecule has 0 radical (unpaired) electrons. The van der Waals surface area contributed by atoms with Gasteiger partial charge < -0.3 is 0 Å². The van der Waals surface area contributed by atoms with Gasteiger partial charge >= 0.3 is 0 Å². The molecule has 0 unspecified atom stereocenters. The summed E-state index contributed by atoms with van der Waals surface area (Å²) >= 11 is 5.37. The van der Waals surface area contributed by atoms with Crippen LogP contribution >= 0.6 is 27.3 Å². The summed E-state index contributed by atoms with van der Waals surface area (Å²) in [5.41, 5.74) is 1.13. The largest absolute Gasteiger partial charge is 0.250 e. The number of aryl methyl sites for hydroxylation is 1. The highest BCUT2D eigenvalue weighted by molar-refractivity contribution is 9.11. The SMILES string of the molecule is Cc1nc([Si](C)(C)C(C)(C)C)sc1Br. The molecule has 0 saturated heterocycles. The molecule has 0 aliphatic rings. The Balaban J connectivity index is 3.16. The predicted molar refractivity (Wildman–Crippen MR) is 71.4 cm³/mol. The minimum atomic E-state index is -1.41. The number of hydrogen-bond donors (Lipinski definition) is 0. The lowest BCUT2D eigenvalue weighted by molar-refractivity contribution is 0.729. The van der Waals surface area contributed by atoms with Crippen LogP contribution in [0.2, 0.25) is 18.1 Å². The number of thiazole rings is 1. The Labute approximate surface area is 100 Å². The number of halogens is 1. The molecule has 0 atom stereocenters. The second-order valence-corrected chi connectivity index (χ2v) is 13.2. The van der Waals surface area contributed by atoms with Crippen molar-refractivity contribution in [2.75, 3.05) is 0 Å². The molecule has 14 heavy (non-hydrogen) atoms. The molecule has 1 rings (SSSR count). The van der Waals surface area contributed by atoms with Crippen molar-refractivity contribution in [2.45, 2.75) is 45.8 Å². The van der Waals surface area contributed by atoms with E-state index in [-0.39, 0.29) is 0 Å². The topological polar surface area (TPSA) is 12.9 Å². The van der Waals surface area contributed by atoms with E-state index >= 15 is 0 Å². The Morgan fingerprint density at radius 1 is 1.29 bits per heavy atom. The molecule has 0 aromatic carbocycles. The van der Waals surface area contributed by atoms with Gasteiger partial charge in [-0.25, -0.2) is 0 Å². The third-order valence-corrected chi connectivity index (χ3v) is 11.7. The fourth-order valence-corrected chi connectivity index (χ4v) is 5.84. The summed E-state index contributed by atoms with van der Waals surface area (Å²) in [7, 11) is -1.41. The van der Waals surface area contributed by atoms with Gasteiger partial charge in [0.1, 0.15) is 8.07 Å². The molecule has 0 saturated carbocycles. The second-order valence-electron chi connectivity index (χ2n) is 5.25. The lowest BCUT2D eigenvalue weighted by Gasteiger charge is -2.34. The van der Waals surface area contributed by atoms with E-state index in [0.717, 1.165) is 5.69 Å². The standard InChI is InChI=1S/C10H18BrNSSi/c1-7-8(11)13-9(12-7)14(5,6)10(2,3)4/h1-6H3. The smallest absolute Gasteiger partial charge is 0.123 e. The molecule has 0 aliphatic carbocycles. The monoisotopic (exact) mass is 291 g/mol. The fourth-order valence-electron chi connectivity index (χ4n) is 0.966. The zero-order valence-corrected chi connectivity index (χ0v) is 13.1. The lowest BCUT2D eigenvalue weighted by atomic mass is 10.2. The van der Waals surface area contributed by atoms with Crippen LogP contribution in [0.5, 0.6) is 0 Å². The van der Waals surface area contributed by atoms with E-state index in [9.17, 15) is 0 Å². The first-order chi connectivity index (χ1) is 6.16. The molecule has 1 aromatic heterocycles. The fraction of sp³-hybridized carbons (Fsp3) is 0.700. The van der Waals surface area contributed by atoms with Gasteiger partial charge in [-0.15, -0.1) is 11.3 Å².